The van der Waals surface area contributed by atoms with Crippen LogP contribution in [0.5, 0.6) is 0 Å². The van der Waals surface area contributed by atoms with Crippen LogP contribution in [-0.2, 0) is 0 Å². The van der Waals surface area contributed by atoms with Crippen LogP contribution < -0.4 is 5.32 Å². The SMILES string of the molecule is Cc1ccc(Br)c(C(=O)N[C@@H](CCO)c2ccccc2)c1. The van der Waals surface area contributed by atoms with Gasteiger partial charge in [-0.3, -0.25) is 4.79 Å². The molecular formula is C17H18BrNO2. The number of carbonyl (C=O) groups excluding carboxylic acids is 1. The third kappa shape index (κ3) is 4.16. The van der Waals surface area contributed by atoms with Crippen LogP contribution in [0.3, 0.4) is 0 Å². The minimum Gasteiger partial charge on any atom is -0.396 e. The molecule has 0 bridgehead atoms. The summed E-state index contributed by atoms with van der Waals surface area (Å²) in [7, 11) is 0. The number of carbonyl (C=O) groups is 1. The molecule has 4 heteroatoms. The van der Waals surface area contributed by atoms with E-state index in [0.717, 1.165) is 15.6 Å². The molecule has 2 rings (SSSR count). The molecule has 1 atom stereocenters. The second kappa shape index (κ2) is 7.38. The third-order valence-corrected chi connectivity index (χ3v) is 3.98. The molecule has 0 aliphatic heterocycles. The van der Waals surface area contributed by atoms with Gasteiger partial charge in [0, 0.05) is 11.1 Å². The first-order chi connectivity index (χ1) is 10.1. The molecule has 0 unspecified atom stereocenters. The fourth-order valence-electron chi connectivity index (χ4n) is 2.19. The predicted molar refractivity (Wildman–Crippen MR) is 87.2 cm³/mol. The van der Waals surface area contributed by atoms with Crippen molar-refractivity contribution < 1.29 is 9.90 Å². The van der Waals surface area contributed by atoms with Crippen molar-refractivity contribution in [1.82, 2.24) is 5.32 Å². The minimum atomic E-state index is -0.198. The number of nitrogens with one attached hydrogen (secondary N) is 1. The van der Waals surface area contributed by atoms with Crippen molar-refractivity contribution in [2.45, 2.75) is 19.4 Å². The molecule has 21 heavy (non-hydrogen) atoms. The fourth-order valence-corrected chi connectivity index (χ4v) is 2.61. The van der Waals surface area contributed by atoms with Gasteiger partial charge in [-0.05, 0) is 47.0 Å². The lowest BCUT2D eigenvalue weighted by Gasteiger charge is -2.19. The predicted octanol–water partition coefficient (Wildman–Crippen LogP) is 3.61. The lowest BCUT2D eigenvalue weighted by atomic mass is 10.0. The average molecular weight is 348 g/mol. The van der Waals surface area contributed by atoms with Crippen LogP contribution in [0, 0.1) is 6.92 Å². The summed E-state index contributed by atoms with van der Waals surface area (Å²) in [6.07, 6.45) is 0.485. The number of rotatable bonds is 5. The highest BCUT2D eigenvalue weighted by molar-refractivity contribution is 9.10. The summed E-state index contributed by atoms with van der Waals surface area (Å²) in [5, 5.41) is 12.2. The Balaban J connectivity index is 2.20. The lowest BCUT2D eigenvalue weighted by Crippen LogP contribution is -2.29. The summed E-state index contributed by atoms with van der Waals surface area (Å²) in [6.45, 7) is 1.97. The van der Waals surface area contributed by atoms with E-state index in [-0.39, 0.29) is 18.6 Å². The van der Waals surface area contributed by atoms with Crippen molar-refractivity contribution >= 4 is 21.8 Å². The quantitative estimate of drug-likeness (QED) is 0.867. The van der Waals surface area contributed by atoms with Crippen molar-refractivity contribution in [2.24, 2.45) is 0 Å². The first-order valence-corrected chi connectivity index (χ1v) is 7.64. The highest BCUT2D eigenvalue weighted by Gasteiger charge is 2.17. The molecule has 0 spiro atoms. The molecule has 1 amide bonds. The van der Waals surface area contributed by atoms with Gasteiger partial charge in [-0.25, -0.2) is 0 Å². The molecule has 0 radical (unpaired) electrons. The summed E-state index contributed by atoms with van der Waals surface area (Å²) in [5.74, 6) is -0.145. The van der Waals surface area contributed by atoms with Gasteiger partial charge in [-0.2, -0.15) is 0 Å². The lowest BCUT2D eigenvalue weighted by molar-refractivity contribution is 0.0929. The number of aryl methyl sites for hydroxylation is 1. The molecule has 0 saturated heterocycles. The first kappa shape index (κ1) is 15.7. The van der Waals surface area contributed by atoms with E-state index in [1.165, 1.54) is 0 Å². The van der Waals surface area contributed by atoms with Gasteiger partial charge in [-0.15, -0.1) is 0 Å². The van der Waals surface area contributed by atoms with E-state index in [1.807, 2.05) is 55.5 Å². The van der Waals surface area contributed by atoms with Gasteiger partial charge in [0.15, 0.2) is 0 Å². The van der Waals surface area contributed by atoms with Crippen molar-refractivity contribution in [1.29, 1.82) is 0 Å². The largest absolute Gasteiger partial charge is 0.396 e. The molecule has 3 nitrogen and oxygen atoms in total. The second-order valence-corrected chi connectivity index (χ2v) is 5.79. The first-order valence-electron chi connectivity index (χ1n) is 6.84. The number of aliphatic hydroxyl groups is 1. The maximum Gasteiger partial charge on any atom is 0.252 e. The highest BCUT2D eigenvalue weighted by atomic mass is 79.9. The van der Waals surface area contributed by atoms with Gasteiger partial charge in [0.05, 0.1) is 11.6 Å². The molecule has 0 fully saturated rings. The molecule has 0 aliphatic rings. The van der Waals surface area contributed by atoms with Crippen molar-refractivity contribution in [2.75, 3.05) is 6.61 Å². The van der Waals surface area contributed by atoms with E-state index in [9.17, 15) is 9.90 Å². The van der Waals surface area contributed by atoms with Crippen molar-refractivity contribution in [3.8, 4) is 0 Å². The van der Waals surface area contributed by atoms with Gasteiger partial charge < -0.3 is 10.4 Å². The van der Waals surface area contributed by atoms with Crippen LogP contribution >= 0.6 is 15.9 Å². The molecule has 0 heterocycles. The molecule has 0 saturated carbocycles. The van der Waals surface area contributed by atoms with E-state index in [4.69, 9.17) is 0 Å². The van der Waals surface area contributed by atoms with E-state index in [0.29, 0.717) is 12.0 Å². The van der Waals surface area contributed by atoms with Crippen LogP contribution in [-0.4, -0.2) is 17.6 Å². The van der Waals surface area contributed by atoms with Crippen molar-refractivity contribution in [3.05, 3.63) is 69.7 Å². The minimum absolute atomic E-state index is 0.0226. The summed E-state index contributed by atoms with van der Waals surface area (Å²) in [6, 6.07) is 15.1. The smallest absolute Gasteiger partial charge is 0.252 e. The standard InChI is InChI=1S/C17H18BrNO2/c1-12-7-8-15(18)14(11-12)17(21)19-16(9-10-20)13-5-3-2-4-6-13/h2-8,11,16,20H,9-10H2,1H3,(H,19,21)/t16-/m0/s1. The zero-order chi connectivity index (χ0) is 15.2. The van der Waals surface area contributed by atoms with E-state index < -0.39 is 0 Å². The zero-order valence-electron chi connectivity index (χ0n) is 11.8. The third-order valence-electron chi connectivity index (χ3n) is 3.29. The van der Waals surface area contributed by atoms with Crippen LogP contribution in [0.4, 0.5) is 0 Å². The second-order valence-electron chi connectivity index (χ2n) is 4.93. The average Bonchev–Trinajstić information content (AvgIpc) is 2.50. The maximum absolute atomic E-state index is 12.5. The van der Waals surface area contributed by atoms with Gasteiger partial charge in [0.1, 0.15) is 0 Å². The van der Waals surface area contributed by atoms with Crippen LogP contribution in [0.1, 0.15) is 33.9 Å². The zero-order valence-corrected chi connectivity index (χ0v) is 13.4. The Morgan fingerprint density at radius 1 is 1.24 bits per heavy atom. The number of hydrogen-bond donors (Lipinski definition) is 2. The molecule has 0 aliphatic carbocycles. The number of benzene rings is 2. The van der Waals surface area contributed by atoms with Crippen LogP contribution in [0.25, 0.3) is 0 Å². The van der Waals surface area contributed by atoms with Gasteiger partial charge in [-0.1, -0.05) is 42.0 Å². The summed E-state index contributed by atoms with van der Waals surface area (Å²) < 4.78 is 0.765. The van der Waals surface area contributed by atoms with Crippen molar-refractivity contribution in [3.63, 3.8) is 0 Å². The summed E-state index contributed by atoms with van der Waals surface area (Å²) in [4.78, 5) is 12.5. The Kier molecular flexibility index (Phi) is 5.53. The monoisotopic (exact) mass is 347 g/mol. The molecule has 2 aromatic carbocycles. The Bertz CT molecular complexity index is 613. The molecule has 110 valence electrons. The number of amides is 1. The summed E-state index contributed by atoms with van der Waals surface area (Å²) in [5.41, 5.74) is 2.62. The van der Waals surface area contributed by atoms with E-state index >= 15 is 0 Å². The fraction of sp³-hybridized carbons (Fsp3) is 0.235. The Labute approximate surface area is 133 Å². The van der Waals surface area contributed by atoms with Crippen LogP contribution in [0.2, 0.25) is 0 Å². The molecular weight excluding hydrogens is 330 g/mol. The van der Waals surface area contributed by atoms with Gasteiger partial charge in [0.2, 0.25) is 0 Å². The summed E-state index contributed by atoms with van der Waals surface area (Å²) >= 11 is 3.41. The Morgan fingerprint density at radius 2 is 1.95 bits per heavy atom. The number of halogens is 1. The normalized spacial score (nSPS) is 12.0. The van der Waals surface area contributed by atoms with E-state index in [2.05, 4.69) is 21.2 Å². The highest BCUT2D eigenvalue weighted by Crippen LogP contribution is 2.21. The molecule has 2 N–H and O–H groups in total. The van der Waals surface area contributed by atoms with Crippen LogP contribution in [0.15, 0.2) is 53.0 Å². The Morgan fingerprint density at radius 3 is 2.62 bits per heavy atom. The van der Waals surface area contributed by atoms with Gasteiger partial charge >= 0.3 is 0 Å². The molecule has 0 aromatic heterocycles. The Hall–Kier alpha value is -1.65. The topological polar surface area (TPSA) is 49.3 Å². The number of aliphatic hydroxyl groups excluding tert-OH is 1. The number of hydrogen-bond acceptors (Lipinski definition) is 2. The van der Waals surface area contributed by atoms with E-state index in [1.54, 1.807) is 0 Å². The van der Waals surface area contributed by atoms with Gasteiger partial charge in [0.25, 0.3) is 5.91 Å². The molecule has 2 aromatic rings. The maximum atomic E-state index is 12.5.